The third-order valence-corrected chi connectivity index (χ3v) is 10.6. The summed E-state index contributed by atoms with van der Waals surface area (Å²) >= 11 is 0. The van der Waals surface area contributed by atoms with Crippen molar-refractivity contribution < 1.29 is 59.2 Å². The lowest BCUT2D eigenvalue weighted by Gasteiger charge is -2.35. The molecule has 2 aromatic carbocycles. The quantitative estimate of drug-likeness (QED) is 0.0654. The number of hydrogen-bond acceptors (Lipinski definition) is 14. The first-order valence-electron chi connectivity index (χ1n) is 19.1. The maximum atomic E-state index is 13.7. The van der Waals surface area contributed by atoms with Gasteiger partial charge in [0.1, 0.15) is 30.7 Å². The summed E-state index contributed by atoms with van der Waals surface area (Å²) in [4.78, 5) is 56.5. The molecule has 1 amide bonds. The standard InChI is InChI=1S/C41H48N4O13/c1-3-5-6-23-24-13-21(7-9-28(24)44-35-25(23)17-45-30(35)16-27(26(18-46)38(45)52)41(55,4-2)40(53)54)15-34(49)56-19-22-8-10-32(29(14-22)43-33(48)11-12-42)58-39-37(51)36(50)31(47)20-57-39/h7-10,13-14,16,31,36-37,39,46-47,50-51,55H,3-6,11-12,15,17-20,42H2,1-2H3,(H,43,48)(H,53,54)/t31-,36+,37-,39?,41+/m1/s1. The molecule has 1 saturated heterocycles. The molecule has 0 aliphatic carbocycles. The van der Waals surface area contributed by atoms with Crippen molar-refractivity contribution in [1.29, 1.82) is 0 Å². The van der Waals surface area contributed by atoms with Gasteiger partial charge in [-0.15, -0.1) is 0 Å². The Labute approximate surface area is 332 Å². The Kier molecular flexibility index (Phi) is 12.9. The Balaban J connectivity index is 1.24. The predicted molar refractivity (Wildman–Crippen MR) is 208 cm³/mol. The number of aliphatic carboxylic acids is 1. The minimum Gasteiger partial charge on any atom is -0.479 e. The Bertz CT molecular complexity index is 2280. The summed E-state index contributed by atoms with van der Waals surface area (Å²) < 4.78 is 18.2. The van der Waals surface area contributed by atoms with E-state index in [9.17, 15) is 49.8 Å². The number of unbranched alkanes of at least 4 members (excludes halogenated alkanes) is 1. The van der Waals surface area contributed by atoms with Gasteiger partial charge in [-0.1, -0.05) is 32.4 Å². The van der Waals surface area contributed by atoms with Crippen LogP contribution in [-0.4, -0.2) is 95.8 Å². The number of nitrogens with one attached hydrogen (secondary N) is 1. The number of rotatable bonds is 16. The van der Waals surface area contributed by atoms with E-state index in [-0.39, 0.29) is 68.1 Å². The SMILES string of the molecule is CCCCc1c2c(nc3ccc(CC(=O)OCc4ccc(OC5OC[C@@H](O)[C@H](O)[C@H]5O)c(NC(=O)CCN)c4)cc13)-c1cc([C@@](O)(CC)C(=O)O)c(CO)c(=O)n1C2. The molecule has 17 heteroatoms. The van der Waals surface area contributed by atoms with Crippen LogP contribution in [0, 0.1) is 0 Å². The van der Waals surface area contributed by atoms with E-state index in [4.69, 9.17) is 24.9 Å². The number of pyridine rings is 2. The normalized spacial score (nSPS) is 19.6. The lowest BCUT2D eigenvalue weighted by atomic mass is 9.87. The topological polar surface area (TPSA) is 273 Å². The number of ether oxygens (including phenoxy) is 3. The fourth-order valence-electron chi connectivity index (χ4n) is 7.33. The van der Waals surface area contributed by atoms with Gasteiger partial charge in [-0.2, -0.15) is 0 Å². The van der Waals surface area contributed by atoms with Crippen molar-refractivity contribution in [1.82, 2.24) is 9.55 Å². The second kappa shape index (κ2) is 17.7. The van der Waals surface area contributed by atoms with Gasteiger partial charge in [-0.05, 0) is 66.3 Å². The summed E-state index contributed by atoms with van der Waals surface area (Å²) in [7, 11) is 0. The lowest BCUT2D eigenvalue weighted by Crippen LogP contribution is -2.54. The minimum atomic E-state index is -2.40. The number of fused-ring (bicyclic) bond motifs is 4. The highest BCUT2D eigenvalue weighted by atomic mass is 16.7. The van der Waals surface area contributed by atoms with Crippen molar-refractivity contribution in [2.45, 2.75) is 102 Å². The number of nitrogens with two attached hydrogens (primary N) is 1. The number of hydrogen-bond donors (Lipinski definition) is 8. The maximum absolute atomic E-state index is 13.7. The largest absolute Gasteiger partial charge is 0.479 e. The van der Waals surface area contributed by atoms with Crippen molar-refractivity contribution in [3.63, 3.8) is 0 Å². The average molecular weight is 805 g/mol. The number of aliphatic hydroxyl groups is 5. The predicted octanol–water partition coefficient (Wildman–Crippen LogP) is 1.33. The maximum Gasteiger partial charge on any atom is 0.340 e. The van der Waals surface area contributed by atoms with E-state index in [1.54, 1.807) is 18.2 Å². The molecule has 0 radical (unpaired) electrons. The van der Waals surface area contributed by atoms with Crippen LogP contribution < -0.4 is 21.3 Å². The Hall–Kier alpha value is -5.27. The zero-order chi connectivity index (χ0) is 41.9. The molecule has 2 aliphatic heterocycles. The van der Waals surface area contributed by atoms with Crippen molar-refractivity contribution in [3.05, 3.63) is 86.2 Å². The molecule has 58 heavy (non-hydrogen) atoms. The van der Waals surface area contributed by atoms with Crippen LogP contribution in [0.25, 0.3) is 22.3 Å². The third-order valence-electron chi connectivity index (χ3n) is 10.6. The molecular formula is C41H48N4O13. The molecule has 5 atom stereocenters. The van der Waals surface area contributed by atoms with E-state index in [1.165, 1.54) is 29.7 Å². The first kappa shape index (κ1) is 42.3. The fraction of sp³-hybridized carbons (Fsp3) is 0.439. The lowest BCUT2D eigenvalue weighted by molar-refractivity contribution is -0.241. The fourth-order valence-corrected chi connectivity index (χ4v) is 7.33. The Morgan fingerprint density at radius 1 is 1.05 bits per heavy atom. The van der Waals surface area contributed by atoms with Gasteiger partial charge in [-0.3, -0.25) is 14.4 Å². The second-order valence-electron chi connectivity index (χ2n) is 14.5. The van der Waals surface area contributed by atoms with Crippen molar-refractivity contribution >= 4 is 34.4 Å². The highest BCUT2D eigenvalue weighted by Gasteiger charge is 2.41. The monoisotopic (exact) mass is 804 g/mol. The number of nitrogens with zero attached hydrogens (tertiary/aromatic N) is 2. The minimum absolute atomic E-state index is 0.00345. The molecule has 2 aliphatic rings. The highest BCUT2D eigenvalue weighted by Crippen LogP contribution is 2.39. The number of anilines is 1. The molecular weight excluding hydrogens is 756 g/mol. The van der Waals surface area contributed by atoms with Gasteiger partial charge in [0, 0.05) is 35.0 Å². The highest BCUT2D eigenvalue weighted by molar-refractivity contribution is 5.93. The zero-order valence-corrected chi connectivity index (χ0v) is 32.1. The van der Waals surface area contributed by atoms with Crippen LogP contribution >= 0.6 is 0 Å². The number of carboxylic acid groups (broad SMARTS) is 1. The van der Waals surface area contributed by atoms with Gasteiger partial charge in [-0.25, -0.2) is 9.78 Å². The zero-order valence-electron chi connectivity index (χ0n) is 32.1. The number of esters is 1. The molecule has 0 spiro atoms. The number of aliphatic hydroxyl groups excluding tert-OH is 4. The number of carbonyl (C=O) groups is 3. The third kappa shape index (κ3) is 8.33. The summed E-state index contributed by atoms with van der Waals surface area (Å²) in [5.41, 5.74) is 6.55. The summed E-state index contributed by atoms with van der Waals surface area (Å²) in [6.07, 6.45) is -3.76. The van der Waals surface area contributed by atoms with Crippen LogP contribution in [0.1, 0.15) is 72.9 Å². The van der Waals surface area contributed by atoms with E-state index < -0.39 is 60.2 Å². The van der Waals surface area contributed by atoms with Crippen molar-refractivity contribution in [2.24, 2.45) is 5.73 Å². The van der Waals surface area contributed by atoms with Crippen molar-refractivity contribution in [3.8, 4) is 17.1 Å². The smallest absolute Gasteiger partial charge is 0.340 e. The van der Waals surface area contributed by atoms with Crippen LogP contribution in [0.5, 0.6) is 5.75 Å². The van der Waals surface area contributed by atoms with E-state index >= 15 is 0 Å². The summed E-state index contributed by atoms with van der Waals surface area (Å²) in [6, 6.07) is 11.4. The van der Waals surface area contributed by atoms with E-state index in [2.05, 4.69) is 5.32 Å². The molecule has 0 bridgehead atoms. The van der Waals surface area contributed by atoms with Gasteiger partial charge in [0.05, 0.1) is 48.8 Å². The number of carboxylic acids is 1. The van der Waals surface area contributed by atoms with Gasteiger partial charge >= 0.3 is 11.9 Å². The number of aryl methyl sites for hydroxylation is 1. The van der Waals surface area contributed by atoms with Gasteiger partial charge in [0.15, 0.2) is 5.60 Å². The number of benzene rings is 2. The van der Waals surface area contributed by atoms with E-state index in [0.717, 1.165) is 29.4 Å². The molecule has 4 aromatic rings. The molecule has 1 fully saturated rings. The first-order chi connectivity index (χ1) is 27.7. The first-order valence-corrected chi connectivity index (χ1v) is 19.1. The molecule has 0 saturated carbocycles. The summed E-state index contributed by atoms with van der Waals surface area (Å²) in [5, 5.41) is 64.8. The van der Waals surface area contributed by atoms with Crippen LogP contribution in [0.15, 0.2) is 47.3 Å². The van der Waals surface area contributed by atoms with Gasteiger partial charge in [0.25, 0.3) is 5.56 Å². The van der Waals surface area contributed by atoms with Crippen LogP contribution in [0.3, 0.4) is 0 Å². The van der Waals surface area contributed by atoms with Gasteiger partial charge < -0.3 is 60.5 Å². The average Bonchev–Trinajstić information content (AvgIpc) is 3.57. The Morgan fingerprint density at radius 3 is 2.50 bits per heavy atom. The number of carbonyl (C=O) groups excluding carboxylic acids is 2. The molecule has 1 unspecified atom stereocenters. The molecule has 2 aromatic heterocycles. The van der Waals surface area contributed by atoms with Crippen LogP contribution in [0.2, 0.25) is 0 Å². The summed E-state index contributed by atoms with van der Waals surface area (Å²) in [6.45, 7) is 2.52. The van der Waals surface area contributed by atoms with Crippen molar-refractivity contribution in [2.75, 3.05) is 18.5 Å². The molecule has 17 nitrogen and oxygen atoms in total. The Morgan fingerprint density at radius 2 is 1.81 bits per heavy atom. The van der Waals surface area contributed by atoms with E-state index in [0.29, 0.717) is 34.5 Å². The number of aromatic nitrogens is 2. The van der Waals surface area contributed by atoms with E-state index in [1.807, 2.05) is 13.0 Å². The molecule has 9 N–H and O–H groups in total. The van der Waals surface area contributed by atoms with Gasteiger partial charge in [0.2, 0.25) is 12.2 Å². The van der Waals surface area contributed by atoms with Crippen LogP contribution in [0.4, 0.5) is 5.69 Å². The molecule has 310 valence electrons. The number of amides is 1. The molecule has 6 rings (SSSR count). The van der Waals surface area contributed by atoms with Crippen LogP contribution in [-0.2, 0) is 62.1 Å². The molecule has 4 heterocycles. The summed E-state index contributed by atoms with van der Waals surface area (Å²) in [5.74, 6) is -2.42. The second-order valence-corrected chi connectivity index (χ2v) is 14.5.